The van der Waals surface area contributed by atoms with E-state index in [2.05, 4.69) is 0 Å². The molecule has 0 N–H and O–H groups in total. The number of esters is 1. The maximum atomic E-state index is 12.6. The quantitative estimate of drug-likeness (QED) is 0.514. The SMILES string of the molecule is C[C@@H](OC(=O)[C@@H]1CC(=O)N(c2ccc(OCc3ccccc3)cc2)C1)c1ccccc1. The first-order valence-corrected chi connectivity index (χ1v) is 10.4. The summed E-state index contributed by atoms with van der Waals surface area (Å²) < 4.78 is 11.4. The van der Waals surface area contributed by atoms with Crippen LogP contribution in [-0.4, -0.2) is 18.4 Å². The van der Waals surface area contributed by atoms with E-state index in [-0.39, 0.29) is 24.4 Å². The molecule has 2 atom stereocenters. The maximum absolute atomic E-state index is 12.6. The van der Waals surface area contributed by atoms with Crippen molar-refractivity contribution in [1.82, 2.24) is 0 Å². The van der Waals surface area contributed by atoms with Gasteiger partial charge in [0.25, 0.3) is 0 Å². The summed E-state index contributed by atoms with van der Waals surface area (Å²) in [5.41, 5.74) is 2.78. The molecule has 1 amide bonds. The lowest BCUT2D eigenvalue weighted by Crippen LogP contribution is -2.26. The average Bonchev–Trinajstić information content (AvgIpc) is 3.21. The monoisotopic (exact) mass is 415 g/mol. The molecule has 0 aliphatic carbocycles. The number of hydrogen-bond acceptors (Lipinski definition) is 4. The average molecular weight is 415 g/mol. The van der Waals surface area contributed by atoms with Gasteiger partial charge in [-0.3, -0.25) is 9.59 Å². The predicted molar refractivity (Wildman–Crippen MR) is 119 cm³/mol. The van der Waals surface area contributed by atoms with Gasteiger partial charge in [-0.05, 0) is 42.3 Å². The third-order valence-corrected chi connectivity index (χ3v) is 5.42. The van der Waals surface area contributed by atoms with E-state index in [1.807, 2.05) is 91.9 Å². The van der Waals surface area contributed by atoms with E-state index >= 15 is 0 Å². The summed E-state index contributed by atoms with van der Waals surface area (Å²) in [6.45, 7) is 2.65. The molecule has 3 aromatic carbocycles. The zero-order valence-electron chi connectivity index (χ0n) is 17.4. The van der Waals surface area contributed by atoms with Gasteiger partial charge in [0.2, 0.25) is 5.91 Å². The Labute approximate surface area is 182 Å². The zero-order valence-corrected chi connectivity index (χ0v) is 17.4. The van der Waals surface area contributed by atoms with Gasteiger partial charge in [0.05, 0.1) is 5.92 Å². The molecule has 31 heavy (non-hydrogen) atoms. The van der Waals surface area contributed by atoms with Gasteiger partial charge in [0, 0.05) is 18.7 Å². The summed E-state index contributed by atoms with van der Waals surface area (Å²) in [5.74, 6) is -0.151. The topological polar surface area (TPSA) is 55.8 Å². The molecule has 0 saturated carbocycles. The first kappa shape index (κ1) is 20.7. The van der Waals surface area contributed by atoms with Crippen LogP contribution in [0.15, 0.2) is 84.9 Å². The minimum absolute atomic E-state index is 0.0766. The lowest BCUT2D eigenvalue weighted by atomic mass is 10.1. The zero-order chi connectivity index (χ0) is 21.6. The van der Waals surface area contributed by atoms with E-state index < -0.39 is 5.92 Å². The number of carbonyl (C=O) groups is 2. The van der Waals surface area contributed by atoms with Gasteiger partial charge < -0.3 is 14.4 Å². The van der Waals surface area contributed by atoms with Crippen LogP contribution in [0.2, 0.25) is 0 Å². The van der Waals surface area contributed by atoms with E-state index in [0.717, 1.165) is 22.6 Å². The number of rotatable bonds is 7. The van der Waals surface area contributed by atoms with Crippen molar-refractivity contribution in [2.75, 3.05) is 11.4 Å². The van der Waals surface area contributed by atoms with Crippen LogP contribution in [0.4, 0.5) is 5.69 Å². The van der Waals surface area contributed by atoms with Crippen molar-refractivity contribution in [3.63, 3.8) is 0 Å². The molecule has 158 valence electrons. The number of ether oxygens (including phenoxy) is 2. The van der Waals surface area contributed by atoms with Crippen molar-refractivity contribution in [1.29, 1.82) is 0 Å². The van der Waals surface area contributed by atoms with E-state index in [9.17, 15) is 9.59 Å². The second-order valence-corrected chi connectivity index (χ2v) is 7.66. The Morgan fingerprint density at radius 3 is 2.29 bits per heavy atom. The van der Waals surface area contributed by atoms with Crippen LogP contribution < -0.4 is 9.64 Å². The van der Waals surface area contributed by atoms with Crippen LogP contribution in [0, 0.1) is 5.92 Å². The summed E-state index contributed by atoms with van der Waals surface area (Å²) in [7, 11) is 0. The summed E-state index contributed by atoms with van der Waals surface area (Å²) >= 11 is 0. The standard InChI is InChI=1S/C26H25NO4/c1-19(21-10-6-3-7-11-21)31-26(29)22-16-25(28)27(17-22)23-12-14-24(15-13-23)30-18-20-8-4-2-5-9-20/h2-15,19,22H,16-18H2,1H3/t19-,22-/m1/s1. The molecule has 3 aromatic rings. The molecule has 0 bridgehead atoms. The molecule has 1 fully saturated rings. The van der Waals surface area contributed by atoms with Crippen molar-refractivity contribution in [3.8, 4) is 5.75 Å². The van der Waals surface area contributed by atoms with E-state index in [4.69, 9.17) is 9.47 Å². The highest BCUT2D eigenvalue weighted by Crippen LogP contribution is 2.29. The molecular formula is C26H25NO4. The third kappa shape index (κ3) is 5.12. The minimum Gasteiger partial charge on any atom is -0.489 e. The largest absolute Gasteiger partial charge is 0.489 e. The molecule has 1 aliphatic heterocycles. The van der Waals surface area contributed by atoms with E-state index in [0.29, 0.717) is 13.2 Å². The molecule has 5 nitrogen and oxygen atoms in total. The normalized spacial score (nSPS) is 16.7. The van der Waals surface area contributed by atoms with Crippen molar-refractivity contribution in [2.45, 2.75) is 26.1 Å². The summed E-state index contributed by atoms with van der Waals surface area (Å²) in [4.78, 5) is 26.8. The number of anilines is 1. The molecule has 5 heteroatoms. The van der Waals surface area contributed by atoms with Crippen LogP contribution in [0.25, 0.3) is 0 Å². The number of nitrogens with zero attached hydrogens (tertiary/aromatic N) is 1. The van der Waals surface area contributed by atoms with Crippen molar-refractivity contribution in [3.05, 3.63) is 96.1 Å². The van der Waals surface area contributed by atoms with Gasteiger partial charge >= 0.3 is 5.97 Å². The van der Waals surface area contributed by atoms with E-state index in [1.165, 1.54) is 0 Å². The molecule has 0 unspecified atom stereocenters. The Morgan fingerprint density at radius 1 is 0.968 bits per heavy atom. The Bertz CT molecular complexity index is 1020. The summed E-state index contributed by atoms with van der Waals surface area (Å²) in [6.07, 6.45) is -0.189. The van der Waals surface area contributed by atoms with Crippen LogP contribution in [0.5, 0.6) is 5.75 Å². The fourth-order valence-corrected chi connectivity index (χ4v) is 3.64. The predicted octanol–water partition coefficient (Wildman–Crippen LogP) is 4.92. The smallest absolute Gasteiger partial charge is 0.311 e. The number of amides is 1. The Morgan fingerprint density at radius 2 is 1.61 bits per heavy atom. The summed E-state index contributed by atoms with van der Waals surface area (Å²) in [6, 6.07) is 26.9. The van der Waals surface area contributed by atoms with Crippen molar-refractivity contribution in [2.24, 2.45) is 5.92 Å². The highest BCUT2D eigenvalue weighted by molar-refractivity contribution is 5.99. The van der Waals surface area contributed by atoms with Gasteiger partial charge in [-0.1, -0.05) is 60.7 Å². The second-order valence-electron chi connectivity index (χ2n) is 7.66. The molecule has 0 spiro atoms. The summed E-state index contributed by atoms with van der Waals surface area (Å²) in [5, 5.41) is 0. The van der Waals surface area contributed by atoms with Gasteiger partial charge in [-0.25, -0.2) is 0 Å². The highest BCUT2D eigenvalue weighted by atomic mass is 16.5. The molecule has 0 aromatic heterocycles. The van der Waals surface area contributed by atoms with Gasteiger partial charge in [-0.2, -0.15) is 0 Å². The third-order valence-electron chi connectivity index (χ3n) is 5.42. The maximum Gasteiger partial charge on any atom is 0.311 e. The Kier molecular flexibility index (Phi) is 6.32. The molecule has 1 aliphatic rings. The number of hydrogen-bond donors (Lipinski definition) is 0. The minimum atomic E-state index is -0.465. The second kappa shape index (κ2) is 9.47. The lowest BCUT2D eigenvalue weighted by Gasteiger charge is -2.18. The van der Waals surface area contributed by atoms with Gasteiger partial charge in [0.1, 0.15) is 18.5 Å². The Hall–Kier alpha value is -3.60. The van der Waals surface area contributed by atoms with Gasteiger partial charge in [0.15, 0.2) is 0 Å². The van der Waals surface area contributed by atoms with Crippen LogP contribution in [0.1, 0.15) is 30.6 Å². The molecule has 4 rings (SSSR count). The van der Waals surface area contributed by atoms with Gasteiger partial charge in [-0.15, -0.1) is 0 Å². The first-order valence-electron chi connectivity index (χ1n) is 10.4. The van der Waals surface area contributed by atoms with Crippen LogP contribution in [-0.2, 0) is 20.9 Å². The van der Waals surface area contributed by atoms with Crippen LogP contribution in [0.3, 0.4) is 0 Å². The first-order chi connectivity index (χ1) is 15.1. The molecule has 0 radical (unpaired) electrons. The number of benzene rings is 3. The Balaban J connectivity index is 1.34. The molecular weight excluding hydrogens is 390 g/mol. The van der Waals surface area contributed by atoms with Crippen LogP contribution >= 0.6 is 0 Å². The molecule has 1 saturated heterocycles. The van der Waals surface area contributed by atoms with E-state index in [1.54, 1.807) is 4.90 Å². The van der Waals surface area contributed by atoms with Crippen molar-refractivity contribution < 1.29 is 19.1 Å². The molecule has 1 heterocycles. The lowest BCUT2D eigenvalue weighted by molar-refractivity contribution is -0.153. The highest BCUT2D eigenvalue weighted by Gasteiger charge is 2.36. The fraction of sp³-hybridized carbons (Fsp3) is 0.231. The van der Waals surface area contributed by atoms with Crippen molar-refractivity contribution >= 4 is 17.6 Å². The fourth-order valence-electron chi connectivity index (χ4n) is 3.64. The number of carbonyl (C=O) groups excluding carboxylic acids is 2.